The molecule has 3 aliphatic rings. The maximum atomic E-state index is 14.7. The van der Waals surface area contributed by atoms with Crippen molar-refractivity contribution in [3.63, 3.8) is 0 Å². The molecule has 0 heterocycles. The van der Waals surface area contributed by atoms with Gasteiger partial charge in [0.2, 0.25) is 5.78 Å². The number of allylic oxidation sites excluding steroid dienone is 2. The highest BCUT2D eigenvalue weighted by atomic mass is 16.8. The molecule has 48 heavy (non-hydrogen) atoms. The van der Waals surface area contributed by atoms with Crippen molar-refractivity contribution >= 4 is 17.3 Å². The molecule has 0 fully saturated rings. The molecule has 10 nitrogen and oxygen atoms in total. The van der Waals surface area contributed by atoms with E-state index in [2.05, 4.69) is 0 Å². The molecular weight excluding hydrogens is 616 g/mol. The van der Waals surface area contributed by atoms with Crippen LogP contribution in [0.1, 0.15) is 106 Å². The van der Waals surface area contributed by atoms with Crippen LogP contribution in [0.3, 0.4) is 0 Å². The highest BCUT2D eigenvalue weighted by Crippen LogP contribution is 2.62. The molecule has 4 atom stereocenters. The number of aromatic hydroxyl groups is 1. The number of phenols is 1. The maximum Gasteiger partial charge on any atom is 0.287 e. The molecule has 10 heteroatoms. The van der Waals surface area contributed by atoms with Gasteiger partial charge in [-0.15, -0.1) is 0 Å². The minimum absolute atomic E-state index is 0.00145. The topological polar surface area (TPSA) is 171 Å². The number of carbonyl (C=O) groups excluding carboxylic acids is 3. The van der Waals surface area contributed by atoms with Crippen LogP contribution in [0.4, 0.5) is 0 Å². The standard InChI is InChI=1S/C38H46O10/c1-8-47-38(46,48-9-2)26(22-13-11-10-12-14-22)16-23-15-24(20(3)4)25-17-35(6)19-36(7)18-27(40)28(21(5)39)33(43)37(36,45)34(44)30(35)32(42)29(25)31(23)41/h10-15,20,26,40-41,44-46H,8-9,16-19H2,1-7H3. The number of phenolic OH excluding ortho intramolecular Hbond substituents is 1. The van der Waals surface area contributed by atoms with Crippen molar-refractivity contribution in [3.05, 3.63) is 86.9 Å². The van der Waals surface area contributed by atoms with Gasteiger partial charge in [0.25, 0.3) is 5.97 Å². The summed E-state index contributed by atoms with van der Waals surface area (Å²) in [6.07, 6.45) is -0.0547. The normalized spacial score (nSPS) is 26.4. The average Bonchev–Trinajstić information content (AvgIpc) is 2.98. The Hall–Kier alpha value is -3.83. The lowest BCUT2D eigenvalue weighted by Crippen LogP contribution is -2.63. The van der Waals surface area contributed by atoms with Crippen LogP contribution in [0.25, 0.3) is 0 Å². The molecule has 5 N–H and O–H groups in total. The first kappa shape index (κ1) is 35.5. The van der Waals surface area contributed by atoms with E-state index >= 15 is 0 Å². The molecule has 258 valence electrons. The zero-order valence-corrected chi connectivity index (χ0v) is 28.6. The van der Waals surface area contributed by atoms with Gasteiger partial charge >= 0.3 is 0 Å². The number of Topliss-reactive ketones (excluding diaryl/α,β-unsaturated/α-hetero) is 3. The van der Waals surface area contributed by atoms with E-state index in [1.165, 1.54) is 0 Å². The number of carbonyl (C=O) groups is 3. The Labute approximate surface area is 280 Å². The first-order valence-electron chi connectivity index (χ1n) is 16.5. The summed E-state index contributed by atoms with van der Waals surface area (Å²) in [6.45, 7) is 12.1. The lowest BCUT2D eigenvalue weighted by molar-refractivity contribution is -0.369. The van der Waals surface area contributed by atoms with E-state index in [0.717, 1.165) is 12.5 Å². The second-order valence-electron chi connectivity index (χ2n) is 14.3. The van der Waals surface area contributed by atoms with Crippen LogP contribution in [0.5, 0.6) is 5.75 Å². The number of benzene rings is 2. The number of ether oxygens (including phenoxy) is 2. The fourth-order valence-corrected chi connectivity index (χ4v) is 8.50. The van der Waals surface area contributed by atoms with E-state index in [4.69, 9.17) is 9.47 Å². The van der Waals surface area contributed by atoms with E-state index in [1.54, 1.807) is 27.7 Å². The van der Waals surface area contributed by atoms with Gasteiger partial charge in [0.05, 0.1) is 11.5 Å². The lowest BCUT2D eigenvalue weighted by atomic mass is 9.48. The van der Waals surface area contributed by atoms with Crippen molar-refractivity contribution in [2.24, 2.45) is 10.8 Å². The SMILES string of the molecule is CCOC(O)(OCC)C(Cc1cc(C(C)C)c2c(c1O)C(=O)C1=C(O)C3(O)C(=O)C(C(C)=O)=C(O)CC3(C)CC1(C)C2)c1ccccc1. The zero-order valence-electron chi connectivity index (χ0n) is 28.6. The fourth-order valence-electron chi connectivity index (χ4n) is 8.50. The molecule has 3 aliphatic carbocycles. The third kappa shape index (κ3) is 5.21. The Balaban J connectivity index is 1.73. The van der Waals surface area contributed by atoms with Crippen LogP contribution in [0, 0.1) is 10.8 Å². The van der Waals surface area contributed by atoms with Crippen molar-refractivity contribution in [3.8, 4) is 5.75 Å². The number of fused-ring (bicyclic) bond motifs is 3. The summed E-state index contributed by atoms with van der Waals surface area (Å²) in [6, 6.07) is 10.9. The summed E-state index contributed by atoms with van der Waals surface area (Å²) in [5.74, 6) is -7.37. The van der Waals surface area contributed by atoms with E-state index in [1.807, 2.05) is 50.2 Å². The predicted octanol–water partition coefficient (Wildman–Crippen LogP) is 5.63. The van der Waals surface area contributed by atoms with Crippen LogP contribution in [-0.4, -0.2) is 67.7 Å². The number of hydrogen-bond donors (Lipinski definition) is 5. The third-order valence-corrected chi connectivity index (χ3v) is 10.5. The Morgan fingerprint density at radius 2 is 1.60 bits per heavy atom. The van der Waals surface area contributed by atoms with Crippen molar-refractivity contribution < 1.29 is 49.4 Å². The monoisotopic (exact) mass is 662 g/mol. The van der Waals surface area contributed by atoms with E-state index in [0.29, 0.717) is 16.7 Å². The summed E-state index contributed by atoms with van der Waals surface area (Å²) >= 11 is 0. The molecule has 0 radical (unpaired) electrons. The minimum atomic E-state index is -2.65. The predicted molar refractivity (Wildman–Crippen MR) is 177 cm³/mol. The smallest absolute Gasteiger partial charge is 0.287 e. The largest absolute Gasteiger partial charge is 0.511 e. The van der Waals surface area contributed by atoms with E-state index in [-0.39, 0.29) is 61.7 Å². The molecule has 0 aliphatic heterocycles. The van der Waals surface area contributed by atoms with Gasteiger partial charge < -0.3 is 35.0 Å². The van der Waals surface area contributed by atoms with Gasteiger partial charge in [0.1, 0.15) is 22.8 Å². The molecule has 0 amide bonds. The maximum absolute atomic E-state index is 14.7. The van der Waals surface area contributed by atoms with Crippen LogP contribution >= 0.6 is 0 Å². The van der Waals surface area contributed by atoms with Gasteiger partial charge in [-0.25, -0.2) is 0 Å². The lowest BCUT2D eigenvalue weighted by Gasteiger charge is -2.56. The van der Waals surface area contributed by atoms with Gasteiger partial charge in [-0.2, -0.15) is 0 Å². The van der Waals surface area contributed by atoms with Gasteiger partial charge in [0.15, 0.2) is 17.2 Å². The van der Waals surface area contributed by atoms with Crippen LogP contribution < -0.4 is 0 Å². The number of aliphatic hydroxyl groups excluding tert-OH is 2. The van der Waals surface area contributed by atoms with Crippen molar-refractivity contribution in [2.45, 2.75) is 97.6 Å². The van der Waals surface area contributed by atoms with Crippen molar-refractivity contribution in [1.29, 1.82) is 0 Å². The molecule has 0 bridgehead atoms. The van der Waals surface area contributed by atoms with Gasteiger partial charge in [-0.1, -0.05) is 64.1 Å². The number of rotatable bonds is 10. The second kappa shape index (κ2) is 12.2. The molecule has 2 aromatic rings. The first-order chi connectivity index (χ1) is 22.4. The van der Waals surface area contributed by atoms with Gasteiger partial charge in [-0.05, 0) is 68.2 Å². The summed E-state index contributed by atoms with van der Waals surface area (Å²) in [7, 11) is 0. The van der Waals surface area contributed by atoms with Crippen molar-refractivity contribution in [2.75, 3.05) is 13.2 Å². The highest BCUT2D eigenvalue weighted by Gasteiger charge is 2.68. The fraction of sp³-hybridized carbons (Fsp3) is 0.500. The van der Waals surface area contributed by atoms with E-state index in [9.17, 15) is 39.9 Å². The second-order valence-corrected chi connectivity index (χ2v) is 14.3. The molecule has 0 saturated carbocycles. The molecule has 0 spiro atoms. The Morgan fingerprint density at radius 3 is 2.15 bits per heavy atom. The minimum Gasteiger partial charge on any atom is -0.511 e. The van der Waals surface area contributed by atoms with Crippen LogP contribution in [-0.2, 0) is 31.9 Å². The van der Waals surface area contributed by atoms with E-state index < -0.39 is 62.8 Å². The average molecular weight is 663 g/mol. The summed E-state index contributed by atoms with van der Waals surface area (Å²) in [5.41, 5.74) is -3.71. The molecule has 0 aromatic heterocycles. The highest BCUT2D eigenvalue weighted by molar-refractivity contribution is 6.25. The summed E-state index contributed by atoms with van der Waals surface area (Å²) in [5, 5.41) is 58.2. The first-order valence-corrected chi connectivity index (χ1v) is 16.5. The summed E-state index contributed by atoms with van der Waals surface area (Å²) in [4.78, 5) is 40.7. The van der Waals surface area contributed by atoms with Crippen LogP contribution in [0.2, 0.25) is 0 Å². The Bertz CT molecular complexity index is 1730. The van der Waals surface area contributed by atoms with Gasteiger partial charge in [-0.3, -0.25) is 14.4 Å². The molecule has 0 saturated heterocycles. The number of aliphatic hydroxyl groups is 4. The molecule has 4 unspecified atom stereocenters. The summed E-state index contributed by atoms with van der Waals surface area (Å²) < 4.78 is 11.5. The Morgan fingerprint density at radius 1 is 1.00 bits per heavy atom. The Kier molecular flexibility index (Phi) is 9.05. The zero-order chi connectivity index (χ0) is 35.6. The molecular formula is C38H46O10. The third-order valence-electron chi connectivity index (χ3n) is 10.5. The number of hydrogen-bond acceptors (Lipinski definition) is 10. The van der Waals surface area contributed by atoms with Crippen molar-refractivity contribution in [1.82, 2.24) is 0 Å². The molecule has 2 aromatic carbocycles. The van der Waals surface area contributed by atoms with Gasteiger partial charge in [0, 0.05) is 36.0 Å². The van der Waals surface area contributed by atoms with Crippen LogP contribution in [0.15, 0.2) is 59.1 Å². The quantitative estimate of drug-likeness (QED) is 0.159. The number of ketones is 3. The molecule has 5 rings (SSSR count).